The first-order chi connectivity index (χ1) is 13.4. The summed E-state index contributed by atoms with van der Waals surface area (Å²) in [6.45, 7) is 1.45. The third kappa shape index (κ3) is 4.99. The van der Waals surface area contributed by atoms with E-state index in [1.807, 2.05) is 12.1 Å². The van der Waals surface area contributed by atoms with Crippen LogP contribution in [0.4, 0.5) is 0 Å². The molecule has 0 heterocycles. The van der Waals surface area contributed by atoms with Gasteiger partial charge in [0.05, 0.1) is 13.2 Å². The van der Waals surface area contributed by atoms with Crippen LogP contribution in [0, 0.1) is 11.8 Å². The minimum Gasteiger partial charge on any atom is -0.504 e. The van der Waals surface area contributed by atoms with Crippen molar-refractivity contribution in [2.24, 2.45) is 11.8 Å². The zero-order chi connectivity index (χ0) is 20.1. The second-order valence-corrected chi connectivity index (χ2v) is 8.65. The highest BCUT2D eigenvalue weighted by Gasteiger charge is 2.44. The molecule has 5 nitrogen and oxygen atoms in total. The molecule has 0 aromatic heterocycles. The van der Waals surface area contributed by atoms with E-state index in [0.29, 0.717) is 36.8 Å². The van der Waals surface area contributed by atoms with Crippen LogP contribution in [0.2, 0.25) is 0 Å². The van der Waals surface area contributed by atoms with Crippen molar-refractivity contribution in [3.63, 3.8) is 0 Å². The zero-order valence-electron chi connectivity index (χ0n) is 17.2. The van der Waals surface area contributed by atoms with E-state index >= 15 is 0 Å². The third-order valence-electron chi connectivity index (χ3n) is 6.74. The summed E-state index contributed by atoms with van der Waals surface area (Å²) in [5, 5.41) is 20.7. The molecule has 0 bridgehead atoms. The lowest BCUT2D eigenvalue weighted by atomic mass is 9.67. The van der Waals surface area contributed by atoms with Crippen molar-refractivity contribution in [1.82, 2.24) is 0 Å². The lowest BCUT2D eigenvalue weighted by Gasteiger charge is -2.45. The number of phenols is 1. The number of carbonyl (C=O) groups excluding carboxylic acids is 1. The molecular weight excluding hydrogens is 356 g/mol. The Morgan fingerprint density at radius 1 is 1.21 bits per heavy atom. The average molecular weight is 391 g/mol. The van der Waals surface area contributed by atoms with Crippen molar-refractivity contribution < 1.29 is 24.5 Å². The maximum atomic E-state index is 11.8. The van der Waals surface area contributed by atoms with E-state index in [1.165, 1.54) is 46.1 Å². The lowest BCUT2D eigenvalue weighted by molar-refractivity contribution is -0.170. The standard InChI is InChI=1S/C23H34O5/c1-16(24)28-23(12-10-17-8-9-20(25)22(14-17)27-2)13-11-19(21(26)15-23)18-6-4-3-5-7-18/h8-9,14,18-19,21,25-26H,3-7,10-13,15H2,1-2H3/t19-,21+,23-/m0/s1. The Hall–Kier alpha value is -1.75. The molecule has 0 unspecified atom stereocenters. The second kappa shape index (κ2) is 9.17. The van der Waals surface area contributed by atoms with E-state index in [1.54, 1.807) is 6.07 Å². The molecular formula is C23H34O5. The number of esters is 1. The molecule has 0 saturated heterocycles. The van der Waals surface area contributed by atoms with Gasteiger partial charge in [0.15, 0.2) is 11.5 Å². The van der Waals surface area contributed by atoms with E-state index in [4.69, 9.17) is 9.47 Å². The van der Waals surface area contributed by atoms with Crippen molar-refractivity contribution in [2.45, 2.75) is 82.8 Å². The highest BCUT2D eigenvalue weighted by atomic mass is 16.6. The Morgan fingerprint density at radius 2 is 1.96 bits per heavy atom. The number of aliphatic hydroxyl groups excluding tert-OH is 1. The van der Waals surface area contributed by atoms with Gasteiger partial charge in [-0.2, -0.15) is 0 Å². The first kappa shape index (κ1) is 21.0. The number of benzene rings is 1. The van der Waals surface area contributed by atoms with Gasteiger partial charge in [0, 0.05) is 13.3 Å². The number of carbonyl (C=O) groups is 1. The molecule has 0 aliphatic heterocycles. The van der Waals surface area contributed by atoms with E-state index < -0.39 is 11.7 Å². The van der Waals surface area contributed by atoms with Gasteiger partial charge in [0.2, 0.25) is 0 Å². The van der Waals surface area contributed by atoms with Crippen LogP contribution < -0.4 is 4.74 Å². The van der Waals surface area contributed by atoms with Gasteiger partial charge in [-0.25, -0.2) is 0 Å². The van der Waals surface area contributed by atoms with E-state index in [9.17, 15) is 15.0 Å². The van der Waals surface area contributed by atoms with Crippen molar-refractivity contribution in [1.29, 1.82) is 0 Å². The summed E-state index contributed by atoms with van der Waals surface area (Å²) in [7, 11) is 1.53. The van der Waals surface area contributed by atoms with Crippen molar-refractivity contribution >= 4 is 5.97 Å². The van der Waals surface area contributed by atoms with Crippen LogP contribution in [0.1, 0.15) is 70.3 Å². The number of methoxy groups -OCH3 is 1. The fourth-order valence-electron chi connectivity index (χ4n) is 5.29. The van der Waals surface area contributed by atoms with Crippen LogP contribution in [0.15, 0.2) is 18.2 Å². The third-order valence-corrected chi connectivity index (χ3v) is 6.74. The predicted octanol–water partition coefficient (Wildman–Crippen LogP) is 4.38. The van der Waals surface area contributed by atoms with E-state index in [-0.39, 0.29) is 11.7 Å². The average Bonchev–Trinajstić information content (AvgIpc) is 2.67. The number of phenolic OH excluding ortho intramolecular Hbond substituents is 1. The van der Waals surface area contributed by atoms with E-state index in [0.717, 1.165) is 18.4 Å². The maximum absolute atomic E-state index is 11.8. The number of aliphatic hydroxyl groups is 1. The molecule has 28 heavy (non-hydrogen) atoms. The van der Waals surface area contributed by atoms with Crippen molar-refractivity contribution in [3.8, 4) is 11.5 Å². The number of ether oxygens (including phenoxy) is 2. The minimum atomic E-state index is -0.610. The van der Waals surface area contributed by atoms with Crippen LogP contribution in [0.5, 0.6) is 11.5 Å². The molecule has 3 rings (SSSR count). The Labute approximate surface area is 168 Å². The normalized spacial score (nSPS) is 28.7. The number of rotatable bonds is 6. The van der Waals surface area contributed by atoms with Gasteiger partial charge in [-0.3, -0.25) is 4.79 Å². The fraction of sp³-hybridized carbons (Fsp3) is 0.696. The second-order valence-electron chi connectivity index (χ2n) is 8.65. The first-order valence-corrected chi connectivity index (χ1v) is 10.7. The highest BCUT2D eigenvalue weighted by Crippen LogP contribution is 2.44. The van der Waals surface area contributed by atoms with Crippen LogP contribution in [-0.2, 0) is 16.0 Å². The Balaban J connectivity index is 1.68. The fourth-order valence-corrected chi connectivity index (χ4v) is 5.29. The smallest absolute Gasteiger partial charge is 0.303 e. The Kier molecular flexibility index (Phi) is 6.86. The molecule has 1 aromatic carbocycles. The molecule has 2 saturated carbocycles. The Morgan fingerprint density at radius 3 is 2.61 bits per heavy atom. The quantitative estimate of drug-likeness (QED) is 0.705. The number of hydrogen-bond donors (Lipinski definition) is 2. The van der Waals surface area contributed by atoms with Crippen LogP contribution >= 0.6 is 0 Å². The highest BCUT2D eigenvalue weighted by molar-refractivity contribution is 5.66. The summed E-state index contributed by atoms with van der Waals surface area (Å²) in [5.74, 6) is 1.22. The predicted molar refractivity (Wildman–Crippen MR) is 107 cm³/mol. The van der Waals surface area contributed by atoms with E-state index in [2.05, 4.69) is 0 Å². The molecule has 2 aliphatic carbocycles. The molecule has 0 spiro atoms. The number of hydrogen-bond acceptors (Lipinski definition) is 5. The molecule has 0 radical (unpaired) electrons. The molecule has 3 atom stereocenters. The SMILES string of the molecule is COc1cc(CC[C@]2(OC(C)=O)CC[C@@H](C3CCCCC3)[C@H](O)C2)ccc1O. The van der Waals surface area contributed by atoms with Gasteiger partial charge >= 0.3 is 5.97 Å². The topological polar surface area (TPSA) is 76.0 Å². The molecule has 2 N–H and O–H groups in total. The summed E-state index contributed by atoms with van der Waals surface area (Å²) in [4.78, 5) is 11.8. The maximum Gasteiger partial charge on any atom is 0.303 e. The lowest BCUT2D eigenvalue weighted by Crippen LogP contribution is -2.47. The Bertz CT molecular complexity index is 667. The molecule has 2 aliphatic rings. The number of aryl methyl sites for hydroxylation is 1. The molecule has 0 amide bonds. The summed E-state index contributed by atoms with van der Waals surface area (Å²) < 4.78 is 11.0. The summed E-state index contributed by atoms with van der Waals surface area (Å²) in [5.41, 5.74) is 0.409. The molecule has 156 valence electrons. The molecule has 2 fully saturated rings. The van der Waals surface area contributed by atoms with Gasteiger partial charge in [-0.05, 0) is 55.2 Å². The monoisotopic (exact) mass is 390 g/mol. The largest absolute Gasteiger partial charge is 0.504 e. The first-order valence-electron chi connectivity index (χ1n) is 10.7. The molecule has 5 heteroatoms. The van der Waals surface area contributed by atoms with Gasteiger partial charge < -0.3 is 19.7 Å². The van der Waals surface area contributed by atoms with Crippen LogP contribution in [-0.4, -0.2) is 35.0 Å². The van der Waals surface area contributed by atoms with Gasteiger partial charge in [-0.1, -0.05) is 38.2 Å². The van der Waals surface area contributed by atoms with Crippen molar-refractivity contribution in [3.05, 3.63) is 23.8 Å². The van der Waals surface area contributed by atoms with Crippen LogP contribution in [0.25, 0.3) is 0 Å². The van der Waals surface area contributed by atoms with Gasteiger partial charge in [-0.15, -0.1) is 0 Å². The summed E-state index contributed by atoms with van der Waals surface area (Å²) in [6.07, 6.45) is 9.47. The van der Waals surface area contributed by atoms with Crippen molar-refractivity contribution in [2.75, 3.05) is 7.11 Å². The molecule has 1 aromatic rings. The zero-order valence-corrected chi connectivity index (χ0v) is 17.2. The van der Waals surface area contributed by atoms with Gasteiger partial charge in [0.1, 0.15) is 5.60 Å². The number of aromatic hydroxyl groups is 1. The van der Waals surface area contributed by atoms with Gasteiger partial charge in [0.25, 0.3) is 0 Å². The summed E-state index contributed by atoms with van der Waals surface area (Å²) >= 11 is 0. The minimum absolute atomic E-state index is 0.115. The van der Waals surface area contributed by atoms with Crippen LogP contribution in [0.3, 0.4) is 0 Å². The summed E-state index contributed by atoms with van der Waals surface area (Å²) in [6, 6.07) is 5.31.